The Kier molecular flexibility index (Phi) is 4.59. The Labute approximate surface area is 107 Å². The van der Waals surface area contributed by atoms with Crippen molar-refractivity contribution in [2.24, 2.45) is 0 Å². The van der Waals surface area contributed by atoms with Gasteiger partial charge in [-0.25, -0.2) is 4.98 Å². The van der Waals surface area contributed by atoms with Crippen LogP contribution in [0.5, 0.6) is 0 Å². The highest BCUT2D eigenvalue weighted by atomic mass is 35.5. The number of piperazine rings is 1. The summed E-state index contributed by atoms with van der Waals surface area (Å²) in [6.07, 6.45) is 0. The molecule has 0 aromatic carbocycles. The number of halogens is 1. The highest BCUT2D eigenvalue weighted by molar-refractivity contribution is 6.31. The molecule has 1 aliphatic heterocycles. The highest BCUT2D eigenvalue weighted by Crippen LogP contribution is 2.14. The molecule has 2 heterocycles. The predicted octanol–water partition coefficient (Wildman–Crippen LogP) is 1.36. The summed E-state index contributed by atoms with van der Waals surface area (Å²) < 4.78 is 0. The number of anilines is 1. The molecule has 0 aliphatic carbocycles. The fourth-order valence-corrected chi connectivity index (χ4v) is 2.02. The Bertz CT molecular complexity index is 364. The average Bonchev–Trinajstić information content (AvgIpc) is 2.35. The molecule has 1 aromatic rings. The largest absolute Gasteiger partial charge is 0.369 e. The van der Waals surface area contributed by atoms with E-state index in [9.17, 15) is 0 Å². The van der Waals surface area contributed by atoms with Crippen LogP contribution in [0.15, 0.2) is 12.1 Å². The summed E-state index contributed by atoms with van der Waals surface area (Å²) in [6, 6.07) is 3.81. The zero-order valence-electron chi connectivity index (χ0n) is 10.2. The number of pyridine rings is 1. The van der Waals surface area contributed by atoms with Crippen LogP contribution in [-0.4, -0.2) is 49.2 Å². The van der Waals surface area contributed by atoms with Gasteiger partial charge in [0, 0.05) is 39.3 Å². The van der Waals surface area contributed by atoms with Crippen LogP contribution in [0.2, 0.25) is 5.02 Å². The Morgan fingerprint density at radius 2 is 2.18 bits per heavy atom. The van der Waals surface area contributed by atoms with Gasteiger partial charge in [-0.2, -0.15) is 0 Å². The van der Waals surface area contributed by atoms with Gasteiger partial charge in [0.1, 0.15) is 5.82 Å². The van der Waals surface area contributed by atoms with Gasteiger partial charge in [-0.15, -0.1) is 0 Å². The van der Waals surface area contributed by atoms with Gasteiger partial charge in [0.2, 0.25) is 0 Å². The lowest BCUT2D eigenvalue weighted by molar-refractivity contribution is 0.249. The van der Waals surface area contributed by atoms with Gasteiger partial charge < -0.3 is 10.6 Å². The second-order valence-electron chi connectivity index (χ2n) is 4.28. The second-order valence-corrected chi connectivity index (χ2v) is 4.69. The fraction of sp³-hybridized carbons (Fsp3) is 0.583. The van der Waals surface area contributed by atoms with Crippen LogP contribution in [0.1, 0.15) is 5.69 Å². The maximum atomic E-state index is 5.93. The molecular weight excluding hydrogens is 236 g/mol. The molecular formula is C12H19ClN4. The zero-order chi connectivity index (χ0) is 12.1. The van der Waals surface area contributed by atoms with Crippen molar-refractivity contribution >= 4 is 17.4 Å². The monoisotopic (exact) mass is 254 g/mol. The molecule has 1 saturated heterocycles. The lowest BCUT2D eigenvalue weighted by Gasteiger charge is -2.27. The highest BCUT2D eigenvalue weighted by Gasteiger charge is 2.08. The lowest BCUT2D eigenvalue weighted by atomic mass is 10.3. The molecule has 0 unspecified atom stereocenters. The van der Waals surface area contributed by atoms with Crippen LogP contribution < -0.4 is 10.6 Å². The van der Waals surface area contributed by atoms with Crippen LogP contribution in [0.4, 0.5) is 5.82 Å². The number of aryl methyl sites for hydroxylation is 1. The van der Waals surface area contributed by atoms with Crippen molar-refractivity contribution in [3.8, 4) is 0 Å². The quantitative estimate of drug-likeness (QED) is 0.851. The van der Waals surface area contributed by atoms with Crippen molar-refractivity contribution in [2.75, 3.05) is 44.6 Å². The molecule has 1 aromatic heterocycles. The minimum Gasteiger partial charge on any atom is -0.369 e. The average molecular weight is 255 g/mol. The number of aromatic nitrogens is 1. The molecule has 2 N–H and O–H groups in total. The fourth-order valence-electron chi connectivity index (χ4n) is 1.92. The standard InChI is InChI=1S/C12H19ClN4/c1-10-11(13)2-3-12(16-10)15-6-9-17-7-4-14-5-8-17/h2-3,14H,4-9H2,1H3,(H,15,16). The van der Waals surface area contributed by atoms with E-state index in [1.165, 1.54) is 0 Å². The Morgan fingerprint density at radius 1 is 1.41 bits per heavy atom. The van der Waals surface area contributed by atoms with Crippen molar-refractivity contribution in [3.63, 3.8) is 0 Å². The number of nitrogens with zero attached hydrogens (tertiary/aromatic N) is 2. The van der Waals surface area contributed by atoms with E-state index < -0.39 is 0 Å². The summed E-state index contributed by atoms with van der Waals surface area (Å²) in [5.74, 6) is 0.905. The first-order valence-electron chi connectivity index (χ1n) is 6.06. The Balaban J connectivity index is 1.75. The molecule has 0 radical (unpaired) electrons. The van der Waals surface area contributed by atoms with Gasteiger partial charge in [-0.05, 0) is 19.1 Å². The number of rotatable bonds is 4. The van der Waals surface area contributed by atoms with E-state index in [1.54, 1.807) is 0 Å². The molecule has 0 atom stereocenters. The van der Waals surface area contributed by atoms with E-state index >= 15 is 0 Å². The van der Waals surface area contributed by atoms with Crippen LogP contribution >= 0.6 is 11.6 Å². The second kappa shape index (κ2) is 6.19. The van der Waals surface area contributed by atoms with E-state index in [0.29, 0.717) is 0 Å². The molecule has 1 fully saturated rings. The molecule has 0 spiro atoms. The maximum Gasteiger partial charge on any atom is 0.126 e. The summed E-state index contributed by atoms with van der Waals surface area (Å²) in [5, 5.41) is 7.40. The smallest absolute Gasteiger partial charge is 0.126 e. The minimum absolute atomic E-state index is 0.720. The summed E-state index contributed by atoms with van der Waals surface area (Å²) in [5.41, 5.74) is 0.874. The molecule has 5 heteroatoms. The van der Waals surface area contributed by atoms with Gasteiger partial charge in [0.15, 0.2) is 0 Å². The molecule has 4 nitrogen and oxygen atoms in total. The molecule has 0 saturated carbocycles. The van der Waals surface area contributed by atoms with Gasteiger partial charge in [0.05, 0.1) is 10.7 Å². The molecule has 94 valence electrons. The maximum absolute atomic E-state index is 5.93. The lowest BCUT2D eigenvalue weighted by Crippen LogP contribution is -2.45. The number of hydrogen-bond acceptors (Lipinski definition) is 4. The Hall–Kier alpha value is -0.840. The summed E-state index contributed by atoms with van der Waals surface area (Å²) in [6.45, 7) is 8.36. The SMILES string of the molecule is Cc1nc(NCCN2CCNCC2)ccc1Cl. The first kappa shape index (κ1) is 12.6. The normalized spacial score (nSPS) is 17.1. The van der Waals surface area contributed by atoms with Crippen molar-refractivity contribution in [1.29, 1.82) is 0 Å². The van der Waals surface area contributed by atoms with E-state index in [0.717, 1.165) is 55.8 Å². The molecule has 0 bridgehead atoms. The van der Waals surface area contributed by atoms with Crippen molar-refractivity contribution in [3.05, 3.63) is 22.8 Å². The van der Waals surface area contributed by atoms with Crippen molar-refractivity contribution in [1.82, 2.24) is 15.2 Å². The zero-order valence-corrected chi connectivity index (χ0v) is 10.9. The molecule has 1 aliphatic rings. The van der Waals surface area contributed by atoms with Gasteiger partial charge >= 0.3 is 0 Å². The minimum atomic E-state index is 0.720. The van der Waals surface area contributed by atoms with Gasteiger partial charge in [-0.3, -0.25) is 4.90 Å². The van der Waals surface area contributed by atoms with Crippen molar-refractivity contribution < 1.29 is 0 Å². The third-order valence-electron chi connectivity index (χ3n) is 2.97. The van der Waals surface area contributed by atoms with E-state index in [-0.39, 0.29) is 0 Å². The van der Waals surface area contributed by atoms with E-state index in [4.69, 9.17) is 11.6 Å². The third kappa shape index (κ3) is 3.84. The van der Waals surface area contributed by atoms with Crippen LogP contribution in [0.3, 0.4) is 0 Å². The van der Waals surface area contributed by atoms with Crippen LogP contribution in [0, 0.1) is 6.92 Å². The summed E-state index contributed by atoms with van der Waals surface area (Å²) in [7, 11) is 0. The van der Waals surface area contributed by atoms with Crippen molar-refractivity contribution in [2.45, 2.75) is 6.92 Å². The third-order valence-corrected chi connectivity index (χ3v) is 3.36. The summed E-state index contributed by atoms with van der Waals surface area (Å²) in [4.78, 5) is 6.83. The van der Waals surface area contributed by atoms with E-state index in [2.05, 4.69) is 20.5 Å². The molecule has 17 heavy (non-hydrogen) atoms. The van der Waals surface area contributed by atoms with E-state index in [1.807, 2.05) is 19.1 Å². The topological polar surface area (TPSA) is 40.2 Å². The first-order chi connectivity index (χ1) is 8.25. The molecule has 2 rings (SSSR count). The van der Waals surface area contributed by atoms with Gasteiger partial charge in [0.25, 0.3) is 0 Å². The number of nitrogens with one attached hydrogen (secondary N) is 2. The van der Waals surface area contributed by atoms with Crippen LogP contribution in [0.25, 0.3) is 0 Å². The van der Waals surface area contributed by atoms with Crippen LogP contribution in [-0.2, 0) is 0 Å². The summed E-state index contributed by atoms with van der Waals surface area (Å²) >= 11 is 5.93. The first-order valence-corrected chi connectivity index (χ1v) is 6.43. The van der Waals surface area contributed by atoms with Gasteiger partial charge in [-0.1, -0.05) is 11.6 Å². The Morgan fingerprint density at radius 3 is 2.88 bits per heavy atom. The number of hydrogen-bond donors (Lipinski definition) is 2. The predicted molar refractivity (Wildman–Crippen MR) is 71.8 cm³/mol. The molecule has 0 amide bonds.